The van der Waals surface area contributed by atoms with Crippen molar-refractivity contribution < 1.29 is 13.2 Å². The van der Waals surface area contributed by atoms with E-state index >= 15 is 0 Å². The molecule has 0 saturated carbocycles. The zero-order valence-electron chi connectivity index (χ0n) is 10.9. The largest absolute Gasteiger partial charge is 0.417 e. The van der Waals surface area contributed by atoms with E-state index in [4.69, 9.17) is 11.6 Å². The number of imidazole rings is 1. The lowest BCUT2D eigenvalue weighted by Crippen LogP contribution is -2.05. The first-order valence-electron chi connectivity index (χ1n) is 6.07. The van der Waals surface area contributed by atoms with Gasteiger partial charge in [0, 0.05) is 30.5 Å². The number of pyridine rings is 1. The minimum Gasteiger partial charge on any atom is -0.291 e. The number of hydrogen-bond acceptors (Lipinski definition) is 4. The van der Waals surface area contributed by atoms with Crippen molar-refractivity contribution in [2.24, 2.45) is 0 Å². The Morgan fingerprint density at radius 1 is 1.27 bits per heavy atom. The van der Waals surface area contributed by atoms with Crippen LogP contribution in [0.3, 0.4) is 0 Å². The van der Waals surface area contributed by atoms with E-state index in [9.17, 15) is 13.2 Å². The van der Waals surface area contributed by atoms with E-state index in [0.717, 1.165) is 18.0 Å². The maximum absolute atomic E-state index is 12.5. The average molecular weight is 345 g/mol. The van der Waals surface area contributed by atoms with Gasteiger partial charge in [0.25, 0.3) is 0 Å². The molecule has 0 saturated heterocycles. The van der Waals surface area contributed by atoms with Crippen LogP contribution in [0.5, 0.6) is 0 Å². The summed E-state index contributed by atoms with van der Waals surface area (Å²) in [4.78, 5) is 12.2. The zero-order chi connectivity index (χ0) is 15.7. The molecule has 9 heteroatoms. The van der Waals surface area contributed by atoms with Crippen LogP contribution in [0, 0.1) is 0 Å². The fourth-order valence-corrected chi connectivity index (χ4v) is 2.86. The SMILES string of the molecule is FC(F)(F)c1cnc(SCc2cn3cccnc3n2)c(Cl)c1. The van der Waals surface area contributed by atoms with Crippen molar-refractivity contribution >= 4 is 29.1 Å². The van der Waals surface area contributed by atoms with Crippen LogP contribution in [0.2, 0.25) is 5.02 Å². The van der Waals surface area contributed by atoms with Gasteiger partial charge in [-0.1, -0.05) is 23.4 Å². The van der Waals surface area contributed by atoms with E-state index in [1.54, 1.807) is 22.9 Å². The molecule has 0 atom stereocenters. The van der Waals surface area contributed by atoms with Crippen molar-refractivity contribution in [3.8, 4) is 0 Å². The van der Waals surface area contributed by atoms with Gasteiger partial charge in [-0.25, -0.2) is 15.0 Å². The molecular weight excluding hydrogens is 337 g/mol. The highest BCUT2D eigenvalue weighted by Crippen LogP contribution is 2.34. The van der Waals surface area contributed by atoms with E-state index in [1.807, 2.05) is 6.20 Å². The molecule has 0 bridgehead atoms. The molecule has 3 aromatic rings. The van der Waals surface area contributed by atoms with Crippen molar-refractivity contribution in [3.05, 3.63) is 53.2 Å². The summed E-state index contributed by atoms with van der Waals surface area (Å²) in [5.74, 6) is 0.992. The quantitative estimate of drug-likeness (QED) is 0.671. The Labute approximate surface area is 132 Å². The summed E-state index contributed by atoms with van der Waals surface area (Å²) < 4.78 is 39.4. The van der Waals surface area contributed by atoms with Crippen LogP contribution < -0.4 is 0 Å². The van der Waals surface area contributed by atoms with Crippen molar-refractivity contribution in [1.29, 1.82) is 0 Å². The second-order valence-electron chi connectivity index (χ2n) is 4.36. The molecule has 114 valence electrons. The number of alkyl halides is 3. The summed E-state index contributed by atoms with van der Waals surface area (Å²) in [5, 5.41) is 0.307. The second kappa shape index (κ2) is 5.77. The predicted molar refractivity (Wildman–Crippen MR) is 76.8 cm³/mol. The first kappa shape index (κ1) is 15.1. The van der Waals surface area contributed by atoms with Gasteiger partial charge in [0.1, 0.15) is 5.03 Å². The smallest absolute Gasteiger partial charge is 0.291 e. The number of nitrogens with zero attached hydrogens (tertiary/aromatic N) is 4. The molecule has 0 aromatic carbocycles. The van der Waals surface area contributed by atoms with Gasteiger partial charge in [-0.15, -0.1) is 0 Å². The minimum atomic E-state index is -4.45. The number of aromatic nitrogens is 4. The van der Waals surface area contributed by atoms with Gasteiger partial charge < -0.3 is 0 Å². The fourth-order valence-electron chi connectivity index (χ4n) is 1.78. The molecule has 0 amide bonds. The van der Waals surface area contributed by atoms with Crippen molar-refractivity contribution in [1.82, 2.24) is 19.4 Å². The van der Waals surface area contributed by atoms with Gasteiger partial charge in [0.2, 0.25) is 5.78 Å². The Morgan fingerprint density at radius 3 is 2.77 bits per heavy atom. The van der Waals surface area contributed by atoms with Crippen LogP contribution in [-0.2, 0) is 11.9 Å². The van der Waals surface area contributed by atoms with Crippen molar-refractivity contribution in [2.45, 2.75) is 17.0 Å². The van der Waals surface area contributed by atoms with Crippen LogP contribution in [0.1, 0.15) is 11.3 Å². The standard InChI is InChI=1S/C13H8ClF3N4S/c14-10-4-8(13(15,16)17)5-19-11(10)22-7-9-6-21-3-1-2-18-12(21)20-9/h1-6H,7H2. The first-order chi connectivity index (χ1) is 10.4. The van der Waals surface area contributed by atoms with Crippen molar-refractivity contribution in [2.75, 3.05) is 0 Å². The molecule has 0 aliphatic heterocycles. The summed E-state index contributed by atoms with van der Waals surface area (Å²) in [6.07, 6.45) is 1.57. The molecule has 4 nitrogen and oxygen atoms in total. The summed E-state index contributed by atoms with van der Waals surface area (Å²) in [6.45, 7) is 0. The van der Waals surface area contributed by atoms with Crippen LogP contribution >= 0.6 is 23.4 Å². The van der Waals surface area contributed by atoms with Gasteiger partial charge in [-0.2, -0.15) is 13.2 Å². The maximum atomic E-state index is 12.5. The molecule has 0 fully saturated rings. The zero-order valence-corrected chi connectivity index (χ0v) is 12.5. The van der Waals surface area contributed by atoms with Crippen LogP contribution in [0.4, 0.5) is 13.2 Å². The lowest BCUT2D eigenvalue weighted by molar-refractivity contribution is -0.137. The molecular formula is C13H8ClF3N4S. The van der Waals surface area contributed by atoms with Crippen molar-refractivity contribution in [3.63, 3.8) is 0 Å². The summed E-state index contributed by atoms with van der Waals surface area (Å²) in [5.41, 5.74) is -0.125. The predicted octanol–water partition coefficient (Wildman–Crippen LogP) is 4.09. The van der Waals surface area contributed by atoms with Gasteiger partial charge in [-0.05, 0) is 12.1 Å². The second-order valence-corrected chi connectivity index (χ2v) is 5.73. The highest BCUT2D eigenvalue weighted by Gasteiger charge is 2.31. The van der Waals surface area contributed by atoms with E-state index in [1.165, 1.54) is 11.8 Å². The summed E-state index contributed by atoms with van der Waals surface area (Å²) in [6, 6.07) is 2.65. The fraction of sp³-hybridized carbons (Fsp3) is 0.154. The molecule has 3 heterocycles. The van der Waals surface area contributed by atoms with E-state index in [2.05, 4.69) is 15.0 Å². The molecule has 0 spiro atoms. The third-order valence-corrected chi connectivity index (χ3v) is 4.22. The molecule has 0 aliphatic rings. The Morgan fingerprint density at radius 2 is 2.09 bits per heavy atom. The van der Waals surface area contributed by atoms with Gasteiger partial charge in [-0.3, -0.25) is 4.40 Å². The number of thioether (sulfide) groups is 1. The molecule has 3 aromatic heterocycles. The number of hydrogen-bond donors (Lipinski definition) is 0. The van der Waals surface area contributed by atoms with Gasteiger partial charge in [0.15, 0.2) is 0 Å². The molecule has 0 unspecified atom stereocenters. The topological polar surface area (TPSA) is 43.1 Å². The molecule has 0 radical (unpaired) electrons. The Bertz CT molecular complexity index is 785. The molecule has 3 rings (SSSR count). The van der Waals surface area contributed by atoms with E-state index in [0.29, 0.717) is 16.6 Å². The highest BCUT2D eigenvalue weighted by atomic mass is 35.5. The number of halogens is 4. The molecule has 0 aliphatic carbocycles. The Hall–Kier alpha value is -1.80. The van der Waals surface area contributed by atoms with Gasteiger partial charge in [0.05, 0.1) is 16.3 Å². The third-order valence-electron chi connectivity index (χ3n) is 2.78. The Balaban J connectivity index is 1.76. The number of fused-ring (bicyclic) bond motifs is 1. The lowest BCUT2D eigenvalue weighted by Gasteiger charge is -2.08. The maximum Gasteiger partial charge on any atom is 0.417 e. The normalized spacial score (nSPS) is 12.0. The highest BCUT2D eigenvalue weighted by molar-refractivity contribution is 7.98. The molecule has 22 heavy (non-hydrogen) atoms. The lowest BCUT2D eigenvalue weighted by atomic mass is 10.3. The monoisotopic (exact) mass is 344 g/mol. The van der Waals surface area contributed by atoms with Gasteiger partial charge >= 0.3 is 6.18 Å². The van der Waals surface area contributed by atoms with Crippen LogP contribution in [0.25, 0.3) is 5.78 Å². The first-order valence-corrected chi connectivity index (χ1v) is 7.44. The molecule has 0 N–H and O–H groups in total. The summed E-state index contributed by atoms with van der Waals surface area (Å²) in [7, 11) is 0. The van der Waals surface area contributed by atoms with Crippen LogP contribution in [0.15, 0.2) is 41.9 Å². The minimum absolute atomic E-state index is 0.0262. The third kappa shape index (κ3) is 3.17. The number of rotatable bonds is 3. The van der Waals surface area contributed by atoms with E-state index in [-0.39, 0.29) is 5.02 Å². The van der Waals surface area contributed by atoms with E-state index < -0.39 is 11.7 Å². The van der Waals surface area contributed by atoms with Crippen LogP contribution in [-0.4, -0.2) is 19.4 Å². The summed E-state index contributed by atoms with van der Waals surface area (Å²) >= 11 is 7.08. The Kier molecular flexibility index (Phi) is 3.96. The average Bonchev–Trinajstić information content (AvgIpc) is 2.87.